The van der Waals surface area contributed by atoms with Crippen LogP contribution < -0.4 is 10.9 Å². The first-order valence-corrected chi connectivity index (χ1v) is 16.8. The highest BCUT2D eigenvalue weighted by Crippen LogP contribution is 2.39. The van der Waals surface area contributed by atoms with E-state index in [1.165, 1.54) is 13.8 Å². The van der Waals surface area contributed by atoms with Gasteiger partial charge in [0.25, 0.3) is 5.56 Å². The topological polar surface area (TPSA) is 101 Å². The van der Waals surface area contributed by atoms with Gasteiger partial charge in [0.15, 0.2) is 0 Å². The number of hydrogen-bond acceptors (Lipinski definition) is 5. The molecule has 2 aromatic carbocycles. The molecule has 2 bridgehead atoms. The molecule has 2 saturated heterocycles. The van der Waals surface area contributed by atoms with Crippen LogP contribution in [0.1, 0.15) is 78.6 Å². The number of fused-ring (bicyclic) bond motifs is 2. The summed E-state index contributed by atoms with van der Waals surface area (Å²) in [5, 5.41) is 12.2. The highest BCUT2D eigenvalue weighted by molar-refractivity contribution is 5.83. The molecule has 278 valence electrons. The summed E-state index contributed by atoms with van der Waals surface area (Å²) in [6, 6.07) is 0.217. The number of terminal acetylenes is 1. The molecule has 2 fully saturated rings. The number of aliphatic carboxylic acids is 1. The van der Waals surface area contributed by atoms with Crippen molar-refractivity contribution in [1.82, 2.24) is 14.8 Å². The van der Waals surface area contributed by atoms with Gasteiger partial charge in [-0.1, -0.05) is 19.8 Å². The van der Waals surface area contributed by atoms with Crippen LogP contribution in [0.2, 0.25) is 0 Å². The smallest absolute Gasteiger partial charge is 0.416 e. The maximum absolute atomic E-state index is 16.6. The van der Waals surface area contributed by atoms with E-state index >= 15 is 8.78 Å². The van der Waals surface area contributed by atoms with E-state index in [9.17, 15) is 37.1 Å². The van der Waals surface area contributed by atoms with Gasteiger partial charge in [-0.25, -0.2) is 13.2 Å². The molecule has 8 nitrogen and oxygen atoms in total. The fourth-order valence-electron chi connectivity index (χ4n) is 7.39. The van der Waals surface area contributed by atoms with E-state index in [1.54, 1.807) is 13.8 Å². The van der Waals surface area contributed by atoms with Crippen molar-refractivity contribution in [3.05, 3.63) is 91.6 Å². The first-order chi connectivity index (χ1) is 24.4. The molecular formula is C38H39F6N3O5. The maximum Gasteiger partial charge on any atom is 0.416 e. The number of halogens is 6. The van der Waals surface area contributed by atoms with Crippen molar-refractivity contribution < 1.29 is 45.8 Å². The number of carboxylic acid groups (broad SMARTS) is 1. The minimum atomic E-state index is -4.87. The third-order valence-electron chi connectivity index (χ3n) is 9.68. The number of aryl methyl sites for hydroxylation is 2. The summed E-state index contributed by atoms with van der Waals surface area (Å²) >= 11 is 0. The van der Waals surface area contributed by atoms with Gasteiger partial charge in [-0.3, -0.25) is 19.3 Å². The summed E-state index contributed by atoms with van der Waals surface area (Å²) in [6.45, 7) is 7.66. The molecular weight excluding hydrogens is 692 g/mol. The first-order valence-electron chi connectivity index (χ1n) is 16.8. The third-order valence-corrected chi connectivity index (χ3v) is 9.68. The molecule has 1 amide bonds. The second-order valence-corrected chi connectivity index (χ2v) is 13.9. The standard InChI is InChI=1S/C38H39F6N3O5/c1-6-22-12-28(40)35(36(41)34(22)33-20(4)10-24(39)11-21(33)5)29(15-32(49)50)45-37(51)30(9-19(2)3)47-16-23(27(14-31(47)48)38(42,43)44)7-8-46-17-26-13-25(46)18-52-26/h1,10-12,14,16,19,25-26,29-30H,7-9,13,15,17-18H2,2-5H3,(H,45,51)(H,49,50)/t25-,26-,29-,30+/m1/s1. The van der Waals surface area contributed by atoms with E-state index in [0.29, 0.717) is 19.2 Å². The van der Waals surface area contributed by atoms with Crippen molar-refractivity contribution in [3.8, 4) is 23.5 Å². The van der Waals surface area contributed by atoms with Gasteiger partial charge in [0, 0.05) is 48.1 Å². The van der Waals surface area contributed by atoms with Gasteiger partial charge in [-0.15, -0.1) is 6.42 Å². The Bertz CT molecular complexity index is 1960. The van der Waals surface area contributed by atoms with Crippen LogP contribution in [0.5, 0.6) is 0 Å². The number of carbonyl (C=O) groups excluding carboxylic acids is 1. The number of rotatable bonds is 12. The van der Waals surface area contributed by atoms with Gasteiger partial charge in [0.2, 0.25) is 5.91 Å². The highest BCUT2D eigenvalue weighted by Gasteiger charge is 2.40. The van der Waals surface area contributed by atoms with E-state index in [-0.39, 0.29) is 70.8 Å². The minimum absolute atomic E-state index is 0.0103. The maximum atomic E-state index is 16.6. The van der Waals surface area contributed by atoms with Crippen LogP contribution in [-0.2, 0) is 26.9 Å². The number of nitrogens with zero attached hydrogens (tertiary/aromatic N) is 2. The molecule has 4 atom stereocenters. The summed E-state index contributed by atoms with van der Waals surface area (Å²) < 4.78 is 95.6. The molecule has 2 aliphatic heterocycles. The molecule has 52 heavy (non-hydrogen) atoms. The van der Waals surface area contributed by atoms with Crippen LogP contribution in [0.15, 0.2) is 35.3 Å². The largest absolute Gasteiger partial charge is 0.481 e. The van der Waals surface area contributed by atoms with E-state index in [1.807, 2.05) is 4.90 Å². The molecule has 14 heteroatoms. The highest BCUT2D eigenvalue weighted by atomic mass is 19.4. The molecule has 3 aromatic rings. The molecule has 0 spiro atoms. The summed E-state index contributed by atoms with van der Waals surface area (Å²) in [5.41, 5.74) is -3.25. The van der Waals surface area contributed by atoms with Gasteiger partial charge < -0.3 is 19.7 Å². The van der Waals surface area contributed by atoms with Crippen LogP contribution in [0.25, 0.3) is 11.1 Å². The monoisotopic (exact) mass is 731 g/mol. The van der Waals surface area contributed by atoms with Crippen molar-refractivity contribution in [3.63, 3.8) is 0 Å². The van der Waals surface area contributed by atoms with Gasteiger partial charge in [-0.2, -0.15) is 13.2 Å². The summed E-state index contributed by atoms with van der Waals surface area (Å²) in [6.07, 6.45) is 1.30. The van der Waals surface area contributed by atoms with Crippen molar-refractivity contribution in [2.75, 3.05) is 19.7 Å². The first kappa shape index (κ1) is 38.6. The Kier molecular flexibility index (Phi) is 11.3. The van der Waals surface area contributed by atoms with Crippen molar-refractivity contribution >= 4 is 11.9 Å². The average Bonchev–Trinajstić information content (AvgIpc) is 3.66. The van der Waals surface area contributed by atoms with E-state index in [0.717, 1.165) is 35.4 Å². The lowest BCUT2D eigenvalue weighted by molar-refractivity contribution is -0.139. The van der Waals surface area contributed by atoms with Crippen molar-refractivity contribution in [2.24, 2.45) is 5.92 Å². The van der Waals surface area contributed by atoms with Crippen LogP contribution in [0, 0.1) is 49.6 Å². The Morgan fingerprint density at radius 1 is 1.10 bits per heavy atom. The molecule has 3 heterocycles. The SMILES string of the molecule is C#Cc1cc(F)c([C@@H](CC(=O)O)NC(=O)[C@H](CC(C)C)n2cc(CCN3C[C@H]4C[C@@H]3CO4)c(C(F)(F)F)cc2=O)c(F)c1-c1c(C)cc(F)cc1C. The van der Waals surface area contributed by atoms with Crippen LogP contribution in [-0.4, -0.2) is 58.3 Å². The summed E-state index contributed by atoms with van der Waals surface area (Å²) in [4.78, 5) is 41.5. The van der Waals surface area contributed by atoms with Gasteiger partial charge in [0.1, 0.15) is 23.5 Å². The normalized spacial score (nSPS) is 18.4. The van der Waals surface area contributed by atoms with E-state index < -0.39 is 70.7 Å². The lowest BCUT2D eigenvalue weighted by Crippen LogP contribution is -2.41. The number of alkyl halides is 3. The number of carboxylic acids is 1. The number of amides is 1. The molecule has 0 saturated carbocycles. The second-order valence-electron chi connectivity index (χ2n) is 13.9. The molecule has 0 unspecified atom stereocenters. The Balaban J connectivity index is 1.57. The number of nitrogens with one attached hydrogen (secondary N) is 1. The molecule has 0 aliphatic carbocycles. The number of morpholine rings is 1. The van der Waals surface area contributed by atoms with Crippen molar-refractivity contribution in [2.45, 2.75) is 83.8 Å². The fraction of sp³-hybridized carbons (Fsp3) is 0.447. The Morgan fingerprint density at radius 3 is 2.31 bits per heavy atom. The number of carbonyl (C=O) groups is 2. The zero-order valence-corrected chi connectivity index (χ0v) is 29.0. The number of ether oxygens (including phenoxy) is 1. The van der Waals surface area contributed by atoms with Gasteiger partial charge in [-0.05, 0) is 79.5 Å². The summed E-state index contributed by atoms with van der Waals surface area (Å²) in [7, 11) is 0. The quantitative estimate of drug-likeness (QED) is 0.163. The third kappa shape index (κ3) is 8.05. The van der Waals surface area contributed by atoms with Crippen LogP contribution in [0.4, 0.5) is 26.3 Å². The van der Waals surface area contributed by atoms with Crippen LogP contribution in [0.3, 0.4) is 0 Å². The minimum Gasteiger partial charge on any atom is -0.481 e. The Morgan fingerprint density at radius 2 is 1.77 bits per heavy atom. The summed E-state index contributed by atoms with van der Waals surface area (Å²) in [5.74, 6) is -3.86. The number of hydrogen-bond donors (Lipinski definition) is 2. The molecule has 2 N–H and O–H groups in total. The van der Waals surface area contributed by atoms with Gasteiger partial charge in [0.05, 0.1) is 30.7 Å². The second kappa shape index (κ2) is 15.2. The number of benzene rings is 2. The predicted octanol–water partition coefficient (Wildman–Crippen LogP) is 6.48. The predicted molar refractivity (Wildman–Crippen MR) is 180 cm³/mol. The Hall–Kier alpha value is -4.61. The number of likely N-dealkylation sites (tertiary alicyclic amines) is 1. The number of pyridine rings is 1. The van der Waals surface area contributed by atoms with Gasteiger partial charge >= 0.3 is 12.1 Å². The molecule has 5 rings (SSSR count). The Labute approximate surface area is 296 Å². The van der Waals surface area contributed by atoms with E-state index in [4.69, 9.17) is 11.2 Å². The van der Waals surface area contributed by atoms with Crippen LogP contribution >= 0.6 is 0 Å². The molecule has 2 aliphatic rings. The molecule has 0 radical (unpaired) electrons. The number of aromatic nitrogens is 1. The zero-order valence-electron chi connectivity index (χ0n) is 29.0. The lowest BCUT2D eigenvalue weighted by atomic mass is 9.88. The zero-order chi connectivity index (χ0) is 38.2. The molecule has 1 aromatic heterocycles. The van der Waals surface area contributed by atoms with Crippen molar-refractivity contribution in [1.29, 1.82) is 0 Å². The lowest BCUT2D eigenvalue weighted by Gasteiger charge is -2.28. The average molecular weight is 732 g/mol. The van der Waals surface area contributed by atoms with E-state index in [2.05, 4.69) is 11.2 Å². The fourth-order valence-corrected chi connectivity index (χ4v) is 7.39.